The Labute approximate surface area is 246 Å². The highest BCUT2D eigenvalue weighted by atomic mass is 19.4. The van der Waals surface area contributed by atoms with Crippen LogP contribution in [0, 0.1) is 5.92 Å². The fourth-order valence-electron chi connectivity index (χ4n) is 5.01. The Morgan fingerprint density at radius 3 is 2.56 bits per heavy atom. The van der Waals surface area contributed by atoms with Gasteiger partial charge in [-0.3, -0.25) is 19.1 Å². The van der Waals surface area contributed by atoms with E-state index in [2.05, 4.69) is 25.7 Å². The van der Waals surface area contributed by atoms with E-state index in [-0.39, 0.29) is 35.6 Å². The lowest BCUT2D eigenvalue weighted by Gasteiger charge is -2.27. The number of alkyl halides is 3. The number of rotatable bonds is 13. The van der Waals surface area contributed by atoms with Crippen LogP contribution in [0.5, 0.6) is 5.75 Å². The van der Waals surface area contributed by atoms with Crippen molar-refractivity contribution in [1.82, 2.24) is 24.9 Å². The number of anilines is 1. The molecule has 2 heterocycles. The van der Waals surface area contributed by atoms with E-state index in [0.29, 0.717) is 49.5 Å². The average molecular weight is 605 g/mol. The van der Waals surface area contributed by atoms with Gasteiger partial charge in [0.15, 0.2) is 5.69 Å². The number of nitrogens with zero attached hydrogens (tertiary/aromatic N) is 4. The molecule has 232 valence electrons. The first-order valence-electron chi connectivity index (χ1n) is 14.1. The minimum absolute atomic E-state index is 0.0201. The second kappa shape index (κ2) is 14.8. The molecule has 2 amide bonds. The van der Waals surface area contributed by atoms with E-state index < -0.39 is 12.3 Å². The summed E-state index contributed by atoms with van der Waals surface area (Å²) in [4.78, 5) is 37.4. The van der Waals surface area contributed by atoms with Crippen LogP contribution in [0.25, 0.3) is 0 Å². The van der Waals surface area contributed by atoms with Crippen molar-refractivity contribution in [2.75, 3.05) is 12.4 Å². The molecular weight excluding hydrogens is 569 g/mol. The number of hydrogen-bond acceptors (Lipinski definition) is 7. The molecule has 43 heavy (non-hydrogen) atoms. The van der Waals surface area contributed by atoms with E-state index >= 15 is 0 Å². The number of carbonyl (C=O) groups excluding carboxylic acids is 2. The maximum atomic E-state index is 12.5. The normalized spacial score (nSPS) is 16.9. The monoisotopic (exact) mass is 604 g/mol. The van der Waals surface area contributed by atoms with Gasteiger partial charge in [-0.1, -0.05) is 17.3 Å². The highest BCUT2D eigenvalue weighted by Gasteiger charge is 2.31. The number of aromatic nitrogens is 4. The van der Waals surface area contributed by atoms with Gasteiger partial charge in [0.25, 0.3) is 11.5 Å². The minimum atomic E-state index is -4.80. The Kier molecular flexibility index (Phi) is 10.9. The van der Waals surface area contributed by atoms with Crippen LogP contribution in [0.3, 0.4) is 0 Å². The molecule has 0 bridgehead atoms. The maximum absolute atomic E-state index is 12.5. The van der Waals surface area contributed by atoms with Gasteiger partial charge in [-0.2, -0.15) is 0 Å². The van der Waals surface area contributed by atoms with Crippen molar-refractivity contribution in [3.63, 3.8) is 0 Å². The van der Waals surface area contributed by atoms with Crippen LogP contribution in [0.4, 0.5) is 18.9 Å². The number of aryl methyl sites for hydroxylation is 2. The molecule has 0 aliphatic heterocycles. The second-order valence-electron chi connectivity index (χ2n) is 10.5. The number of halogens is 3. The Morgan fingerprint density at radius 2 is 1.84 bits per heavy atom. The van der Waals surface area contributed by atoms with Crippen LogP contribution >= 0.6 is 0 Å². The molecule has 3 aromatic rings. The summed E-state index contributed by atoms with van der Waals surface area (Å²) in [6, 6.07) is 8.45. The van der Waals surface area contributed by atoms with Gasteiger partial charge in [-0.15, -0.1) is 18.3 Å². The summed E-state index contributed by atoms with van der Waals surface area (Å²) in [5, 5.41) is 13.2. The van der Waals surface area contributed by atoms with Gasteiger partial charge < -0.3 is 24.7 Å². The number of ether oxygens (including phenoxy) is 2. The zero-order valence-corrected chi connectivity index (χ0v) is 23.8. The van der Waals surface area contributed by atoms with E-state index in [0.717, 1.165) is 25.7 Å². The highest BCUT2D eigenvalue weighted by Crippen LogP contribution is 2.28. The van der Waals surface area contributed by atoms with Gasteiger partial charge in [-0.25, -0.2) is 0 Å². The largest absolute Gasteiger partial charge is 0.573 e. The van der Waals surface area contributed by atoms with Gasteiger partial charge in [0.2, 0.25) is 5.91 Å². The van der Waals surface area contributed by atoms with Gasteiger partial charge in [0, 0.05) is 51.1 Å². The van der Waals surface area contributed by atoms with E-state index in [1.165, 1.54) is 35.1 Å². The lowest BCUT2D eigenvalue weighted by atomic mass is 9.85. The molecule has 2 N–H and O–H groups in total. The van der Waals surface area contributed by atoms with Crippen LogP contribution in [0.1, 0.15) is 61.0 Å². The molecule has 11 nitrogen and oxygen atoms in total. The summed E-state index contributed by atoms with van der Waals surface area (Å²) in [6.07, 6.45) is 4.20. The van der Waals surface area contributed by atoms with Gasteiger partial charge >= 0.3 is 6.36 Å². The molecule has 1 saturated carbocycles. The lowest BCUT2D eigenvalue weighted by molar-refractivity contribution is -0.274. The van der Waals surface area contributed by atoms with E-state index in [1.54, 1.807) is 30.0 Å². The number of nitrogens with one attached hydrogen (secondary N) is 2. The molecular formula is C29H35F3N6O5. The van der Waals surface area contributed by atoms with Crippen LogP contribution in [0.2, 0.25) is 0 Å². The Morgan fingerprint density at radius 1 is 1.07 bits per heavy atom. The molecule has 4 rings (SSSR count). The van der Waals surface area contributed by atoms with Crippen molar-refractivity contribution in [3.8, 4) is 5.75 Å². The van der Waals surface area contributed by atoms with Crippen molar-refractivity contribution in [2.24, 2.45) is 5.92 Å². The number of pyridine rings is 1. The van der Waals surface area contributed by atoms with Gasteiger partial charge in [-0.05, 0) is 68.2 Å². The smallest absolute Gasteiger partial charge is 0.406 e. The summed E-state index contributed by atoms with van der Waals surface area (Å²) in [5.74, 6) is -0.661. The van der Waals surface area contributed by atoms with Crippen molar-refractivity contribution in [3.05, 3.63) is 70.4 Å². The van der Waals surface area contributed by atoms with Gasteiger partial charge in [0.05, 0.1) is 12.3 Å². The standard InChI is InChI=1S/C29H35F3N6O5/c1-42-23-9-7-20(8-10-23)16-26(39)34-22-11-14-37(27(40)17-22)12-2-3-13-38-19-25(35-36-38)28(41)33-18-21-5-4-6-24(15-21)43-29(30,31)32/h4-6,11,14-15,17,19-20,23H,2-3,7-10,12-13,16,18H2,1H3,(H,33,41)(H,34,39). The van der Waals surface area contributed by atoms with Crippen LogP contribution in [-0.4, -0.2) is 51.0 Å². The summed E-state index contributed by atoms with van der Waals surface area (Å²) >= 11 is 0. The predicted octanol–water partition coefficient (Wildman–Crippen LogP) is 4.28. The van der Waals surface area contributed by atoms with Crippen molar-refractivity contribution in [1.29, 1.82) is 0 Å². The SMILES string of the molecule is COC1CCC(CC(=O)Nc2ccn(CCCCn3cc(C(=O)NCc4cccc(OC(F)(F)F)c4)nn3)c(=O)c2)CC1. The summed E-state index contributed by atoms with van der Waals surface area (Å²) in [5.41, 5.74) is 0.758. The minimum Gasteiger partial charge on any atom is -0.406 e. The fourth-order valence-corrected chi connectivity index (χ4v) is 5.01. The third kappa shape index (κ3) is 10.2. The molecule has 14 heteroatoms. The zero-order chi connectivity index (χ0) is 30.8. The molecule has 1 aromatic carbocycles. The molecule has 2 aromatic heterocycles. The molecule has 0 atom stereocenters. The molecule has 0 radical (unpaired) electrons. The first-order valence-corrected chi connectivity index (χ1v) is 14.1. The number of amides is 2. The van der Waals surface area contributed by atoms with E-state index in [4.69, 9.17) is 4.74 Å². The number of methoxy groups -OCH3 is 1. The van der Waals surface area contributed by atoms with Crippen LogP contribution in [-0.2, 0) is 29.2 Å². The summed E-state index contributed by atoms with van der Waals surface area (Å²) in [6.45, 7) is 0.912. The quantitative estimate of drug-likeness (QED) is 0.279. The topological polar surface area (TPSA) is 129 Å². The number of carbonyl (C=O) groups is 2. The molecule has 1 aliphatic rings. The number of benzene rings is 1. The van der Waals surface area contributed by atoms with E-state index in [1.807, 2.05) is 0 Å². The molecule has 1 aliphatic carbocycles. The first-order chi connectivity index (χ1) is 20.6. The Bertz CT molecular complexity index is 1430. The summed E-state index contributed by atoms with van der Waals surface area (Å²) < 4.78 is 49.6. The number of unbranched alkanes of at least 4 members (excludes halogenated alkanes) is 1. The predicted molar refractivity (Wildman–Crippen MR) is 150 cm³/mol. The molecule has 0 saturated heterocycles. The number of hydrogen-bond donors (Lipinski definition) is 2. The molecule has 0 spiro atoms. The average Bonchev–Trinajstić information content (AvgIpc) is 3.44. The van der Waals surface area contributed by atoms with Crippen molar-refractivity contribution < 1.29 is 32.2 Å². The van der Waals surface area contributed by atoms with Crippen LogP contribution in [0.15, 0.2) is 53.6 Å². The molecule has 0 unspecified atom stereocenters. The second-order valence-corrected chi connectivity index (χ2v) is 10.5. The maximum Gasteiger partial charge on any atom is 0.573 e. The highest BCUT2D eigenvalue weighted by molar-refractivity contribution is 5.92. The third-order valence-electron chi connectivity index (χ3n) is 7.27. The first kappa shape index (κ1) is 31.7. The van der Waals surface area contributed by atoms with Crippen LogP contribution < -0.4 is 20.9 Å². The third-order valence-corrected chi connectivity index (χ3v) is 7.27. The Balaban J connectivity index is 1.16. The summed E-state index contributed by atoms with van der Waals surface area (Å²) in [7, 11) is 1.72. The fraction of sp³-hybridized carbons (Fsp3) is 0.483. The van der Waals surface area contributed by atoms with Crippen molar-refractivity contribution in [2.45, 2.75) is 77.0 Å². The van der Waals surface area contributed by atoms with Gasteiger partial charge in [0.1, 0.15) is 5.75 Å². The molecule has 1 fully saturated rings. The Hall–Kier alpha value is -4.20. The van der Waals surface area contributed by atoms with E-state index in [9.17, 15) is 27.6 Å². The lowest BCUT2D eigenvalue weighted by Crippen LogP contribution is -2.25. The van der Waals surface area contributed by atoms with Crippen molar-refractivity contribution >= 4 is 17.5 Å². The zero-order valence-electron chi connectivity index (χ0n) is 23.8.